The molecule has 202 valence electrons. The molecule has 0 bridgehead atoms. The average Bonchev–Trinajstić information content (AvgIpc) is 2.87. The second-order valence-electron chi connectivity index (χ2n) is 11.1. The molecule has 0 saturated carbocycles. The molecule has 0 radical (unpaired) electrons. The van der Waals surface area contributed by atoms with Gasteiger partial charge in [-0.25, -0.2) is 9.18 Å². The summed E-state index contributed by atoms with van der Waals surface area (Å²) in [6.07, 6.45) is 1.53. The van der Waals surface area contributed by atoms with Crippen molar-refractivity contribution in [3.63, 3.8) is 0 Å². The number of benzene rings is 3. The molecule has 0 N–H and O–H groups in total. The van der Waals surface area contributed by atoms with E-state index in [0.717, 1.165) is 45.1 Å². The van der Waals surface area contributed by atoms with E-state index in [1.165, 1.54) is 6.07 Å². The molecule has 3 aromatic carbocycles. The van der Waals surface area contributed by atoms with Crippen molar-refractivity contribution in [2.45, 2.75) is 59.7 Å². The van der Waals surface area contributed by atoms with Crippen LogP contribution in [0.1, 0.15) is 63.0 Å². The third kappa shape index (κ3) is 4.89. The second-order valence-corrected chi connectivity index (χ2v) is 11.1. The number of pyridine rings is 1. The molecule has 0 aliphatic carbocycles. The third-order valence-electron chi connectivity index (χ3n) is 7.01. The Labute approximate surface area is 228 Å². The first-order chi connectivity index (χ1) is 18.5. The van der Waals surface area contributed by atoms with Crippen LogP contribution >= 0.6 is 0 Å². The van der Waals surface area contributed by atoms with Gasteiger partial charge in [-0.2, -0.15) is 0 Å². The highest BCUT2D eigenvalue weighted by Gasteiger charge is 2.34. The number of aromatic nitrogens is 1. The van der Waals surface area contributed by atoms with E-state index in [9.17, 15) is 4.79 Å². The molecule has 0 amide bonds. The maximum Gasteiger partial charge on any atom is 0.339 e. The lowest BCUT2D eigenvalue weighted by Gasteiger charge is -2.30. The Hall–Kier alpha value is -3.77. The number of allylic oxidation sites excluding steroid dienone is 1. The fourth-order valence-electron chi connectivity index (χ4n) is 5.43. The van der Waals surface area contributed by atoms with Gasteiger partial charge in [0, 0.05) is 34.7 Å². The van der Waals surface area contributed by atoms with Gasteiger partial charge < -0.3 is 14.2 Å². The Morgan fingerprint density at radius 2 is 1.97 bits per heavy atom. The summed E-state index contributed by atoms with van der Waals surface area (Å²) in [5.41, 5.74) is 5.26. The summed E-state index contributed by atoms with van der Waals surface area (Å²) >= 11 is 0. The minimum absolute atomic E-state index is 0.210. The number of nitrogens with zero attached hydrogens (tertiary/aromatic N) is 1. The standard InChI is InChI=1S/C33H34FNO4/c1-8-37-32(36)31(39-33(5,6)7)27-19(4)15-21-16-23(18(2)3)25(34)17-24(21)29(27)22-9-10-26-28-20(12-14-38-26)11-13-35-30(22)28/h9-11,13,15-17,31H,2,8,12,14H2,1,3-7H3/t31-/m0/s1. The zero-order chi connectivity index (χ0) is 28.1. The van der Waals surface area contributed by atoms with E-state index < -0.39 is 17.7 Å². The largest absolute Gasteiger partial charge is 0.493 e. The number of ether oxygens (including phenoxy) is 3. The van der Waals surface area contributed by atoms with Crippen molar-refractivity contribution in [3.8, 4) is 16.9 Å². The van der Waals surface area contributed by atoms with E-state index in [0.29, 0.717) is 34.3 Å². The predicted octanol–water partition coefficient (Wildman–Crippen LogP) is 7.89. The molecule has 39 heavy (non-hydrogen) atoms. The second kappa shape index (κ2) is 10.1. The van der Waals surface area contributed by atoms with Crippen LogP contribution in [-0.4, -0.2) is 29.8 Å². The molecule has 5 nitrogen and oxygen atoms in total. The van der Waals surface area contributed by atoms with Crippen LogP contribution in [0.5, 0.6) is 5.75 Å². The van der Waals surface area contributed by atoms with Crippen LogP contribution in [0.3, 0.4) is 0 Å². The van der Waals surface area contributed by atoms with Gasteiger partial charge in [-0.3, -0.25) is 4.98 Å². The van der Waals surface area contributed by atoms with Gasteiger partial charge in [0.2, 0.25) is 0 Å². The minimum atomic E-state index is -1.03. The molecule has 0 fully saturated rings. The minimum Gasteiger partial charge on any atom is -0.493 e. The van der Waals surface area contributed by atoms with Crippen LogP contribution in [0.25, 0.3) is 38.4 Å². The lowest BCUT2D eigenvalue weighted by molar-refractivity contribution is -0.166. The maximum absolute atomic E-state index is 15.5. The van der Waals surface area contributed by atoms with Crippen molar-refractivity contribution in [3.05, 3.63) is 77.2 Å². The summed E-state index contributed by atoms with van der Waals surface area (Å²) in [7, 11) is 0. The monoisotopic (exact) mass is 527 g/mol. The highest BCUT2D eigenvalue weighted by molar-refractivity contribution is 6.09. The van der Waals surface area contributed by atoms with E-state index in [1.807, 2.05) is 58.0 Å². The van der Waals surface area contributed by atoms with Crippen LogP contribution in [0.4, 0.5) is 4.39 Å². The third-order valence-corrected chi connectivity index (χ3v) is 7.01. The normalized spacial score (nSPS) is 13.8. The van der Waals surface area contributed by atoms with Gasteiger partial charge in [-0.05, 0) is 105 Å². The smallest absolute Gasteiger partial charge is 0.339 e. The van der Waals surface area contributed by atoms with Gasteiger partial charge in [0.25, 0.3) is 0 Å². The molecule has 4 aromatic rings. The quantitative estimate of drug-likeness (QED) is 0.239. The van der Waals surface area contributed by atoms with Gasteiger partial charge in [0.15, 0.2) is 6.10 Å². The van der Waals surface area contributed by atoms with Gasteiger partial charge in [-0.15, -0.1) is 0 Å². The molecule has 1 atom stereocenters. The number of carbonyl (C=O) groups is 1. The number of aryl methyl sites for hydroxylation is 1. The molecule has 1 aliphatic rings. The van der Waals surface area contributed by atoms with Crippen LogP contribution in [-0.2, 0) is 20.7 Å². The first-order valence-corrected chi connectivity index (χ1v) is 13.3. The molecule has 1 aliphatic heterocycles. The lowest BCUT2D eigenvalue weighted by atomic mass is 9.84. The molecule has 5 rings (SSSR count). The van der Waals surface area contributed by atoms with Crippen molar-refractivity contribution in [1.29, 1.82) is 0 Å². The zero-order valence-electron chi connectivity index (χ0n) is 23.4. The van der Waals surface area contributed by atoms with E-state index in [1.54, 1.807) is 20.0 Å². The topological polar surface area (TPSA) is 57.7 Å². The van der Waals surface area contributed by atoms with Crippen molar-refractivity contribution in [2.24, 2.45) is 0 Å². The average molecular weight is 528 g/mol. The summed E-state index contributed by atoms with van der Waals surface area (Å²) in [4.78, 5) is 18.2. The Bertz CT molecular complexity index is 1620. The van der Waals surface area contributed by atoms with Crippen LogP contribution in [0.2, 0.25) is 0 Å². The van der Waals surface area contributed by atoms with Gasteiger partial charge in [0.05, 0.1) is 24.3 Å². The Kier molecular flexibility index (Phi) is 6.93. The molecule has 0 saturated heterocycles. The van der Waals surface area contributed by atoms with Crippen molar-refractivity contribution >= 4 is 33.2 Å². The number of hydrogen-bond donors (Lipinski definition) is 0. The van der Waals surface area contributed by atoms with Crippen molar-refractivity contribution in [2.75, 3.05) is 13.2 Å². The van der Waals surface area contributed by atoms with E-state index >= 15 is 4.39 Å². The summed E-state index contributed by atoms with van der Waals surface area (Å²) in [5, 5.41) is 2.43. The van der Waals surface area contributed by atoms with Gasteiger partial charge >= 0.3 is 5.97 Å². The van der Waals surface area contributed by atoms with Crippen molar-refractivity contribution in [1.82, 2.24) is 4.98 Å². The Morgan fingerprint density at radius 3 is 2.67 bits per heavy atom. The Morgan fingerprint density at radius 1 is 1.21 bits per heavy atom. The van der Waals surface area contributed by atoms with Gasteiger partial charge in [-0.1, -0.05) is 12.6 Å². The molecule has 2 heterocycles. The van der Waals surface area contributed by atoms with E-state index in [-0.39, 0.29) is 12.4 Å². The van der Waals surface area contributed by atoms with Crippen LogP contribution in [0, 0.1) is 12.7 Å². The highest BCUT2D eigenvalue weighted by atomic mass is 19.1. The maximum atomic E-state index is 15.5. The summed E-state index contributed by atoms with van der Waals surface area (Å²) < 4.78 is 33.4. The van der Waals surface area contributed by atoms with E-state index in [4.69, 9.17) is 19.2 Å². The van der Waals surface area contributed by atoms with Crippen molar-refractivity contribution < 1.29 is 23.4 Å². The number of hydrogen-bond acceptors (Lipinski definition) is 5. The summed E-state index contributed by atoms with van der Waals surface area (Å²) in [5.74, 6) is -0.103. The molecule has 1 aromatic heterocycles. The predicted molar refractivity (Wildman–Crippen MR) is 153 cm³/mol. The first-order valence-electron chi connectivity index (χ1n) is 13.3. The SMILES string of the molecule is C=C(C)c1cc2cc(C)c([C@H](OC(C)(C)C)C(=O)OCC)c(-c3ccc4c5c(ccnc35)CCO4)c2cc1F. The van der Waals surface area contributed by atoms with E-state index in [2.05, 4.69) is 6.58 Å². The number of fused-ring (bicyclic) bond motifs is 1. The number of carbonyl (C=O) groups excluding carboxylic acids is 1. The molecular formula is C33H34FNO4. The lowest BCUT2D eigenvalue weighted by Crippen LogP contribution is -2.29. The molecule has 0 unspecified atom stereocenters. The molecular weight excluding hydrogens is 493 g/mol. The van der Waals surface area contributed by atoms with Crippen LogP contribution in [0.15, 0.2) is 49.2 Å². The molecule has 6 heteroatoms. The fourth-order valence-corrected chi connectivity index (χ4v) is 5.43. The molecule has 0 spiro atoms. The highest BCUT2D eigenvalue weighted by Crippen LogP contribution is 2.46. The Balaban J connectivity index is 1.93. The first kappa shape index (κ1) is 26.8. The zero-order valence-corrected chi connectivity index (χ0v) is 23.4. The fraction of sp³-hybridized carbons (Fsp3) is 0.333. The summed E-state index contributed by atoms with van der Waals surface area (Å²) in [6, 6.07) is 11.2. The van der Waals surface area contributed by atoms with Crippen LogP contribution < -0.4 is 4.74 Å². The number of halogens is 1. The number of rotatable bonds is 6. The number of esters is 1. The summed E-state index contributed by atoms with van der Waals surface area (Å²) in [6.45, 7) is 16.0. The van der Waals surface area contributed by atoms with Gasteiger partial charge in [0.1, 0.15) is 11.6 Å².